The number of hydrogen-bond donors (Lipinski definition) is 0. The third-order valence-electron chi connectivity index (χ3n) is 6.28. The van der Waals surface area contributed by atoms with Gasteiger partial charge in [-0.05, 0) is 52.9 Å². The molecular formula is C26H30N2O4S. The number of fused-ring (bicyclic) bond motifs is 1. The van der Waals surface area contributed by atoms with Crippen LogP contribution in [-0.2, 0) is 30.7 Å². The van der Waals surface area contributed by atoms with Gasteiger partial charge in [-0.2, -0.15) is 11.3 Å². The van der Waals surface area contributed by atoms with Crippen molar-refractivity contribution in [1.29, 1.82) is 0 Å². The lowest BCUT2D eigenvalue weighted by Crippen LogP contribution is -2.29. The highest BCUT2D eigenvalue weighted by Crippen LogP contribution is 2.25. The van der Waals surface area contributed by atoms with E-state index < -0.39 is 5.97 Å². The van der Waals surface area contributed by atoms with Gasteiger partial charge in [0.05, 0.1) is 13.7 Å². The van der Waals surface area contributed by atoms with Crippen LogP contribution in [0.2, 0.25) is 0 Å². The first-order valence-electron chi connectivity index (χ1n) is 11.2. The number of carbonyl (C=O) groups is 1. The summed E-state index contributed by atoms with van der Waals surface area (Å²) in [4.78, 5) is 28.0. The van der Waals surface area contributed by atoms with Crippen molar-refractivity contribution in [2.75, 3.05) is 26.8 Å². The Balaban J connectivity index is 1.56. The van der Waals surface area contributed by atoms with E-state index >= 15 is 0 Å². The van der Waals surface area contributed by atoms with E-state index in [1.807, 2.05) is 11.4 Å². The molecule has 174 valence electrons. The normalized spacial score (nSPS) is 13.9. The minimum atomic E-state index is -0.466. The number of esters is 1. The first-order chi connectivity index (χ1) is 16.0. The molecule has 7 heteroatoms. The lowest BCUT2D eigenvalue weighted by atomic mass is 10.1. The summed E-state index contributed by atoms with van der Waals surface area (Å²) in [5, 5.41) is 4.09. The number of pyridine rings is 1. The molecule has 3 heterocycles. The van der Waals surface area contributed by atoms with Crippen molar-refractivity contribution >= 4 is 17.3 Å². The van der Waals surface area contributed by atoms with E-state index in [4.69, 9.17) is 9.47 Å². The molecule has 0 spiro atoms. The number of rotatable bonds is 7. The number of ether oxygens (including phenoxy) is 2. The van der Waals surface area contributed by atoms with Gasteiger partial charge < -0.3 is 14.0 Å². The van der Waals surface area contributed by atoms with E-state index in [1.165, 1.54) is 35.4 Å². The molecule has 3 aromatic rings. The van der Waals surface area contributed by atoms with Crippen LogP contribution < -0.4 is 10.3 Å². The highest BCUT2D eigenvalue weighted by atomic mass is 32.1. The Kier molecular flexibility index (Phi) is 7.30. The summed E-state index contributed by atoms with van der Waals surface area (Å²) < 4.78 is 12.7. The first kappa shape index (κ1) is 23.3. The molecular weight excluding hydrogens is 436 g/mol. The van der Waals surface area contributed by atoms with E-state index in [2.05, 4.69) is 42.3 Å². The maximum atomic E-state index is 13.0. The number of hydrogen-bond acceptors (Lipinski definition) is 6. The molecule has 0 amide bonds. The van der Waals surface area contributed by atoms with Gasteiger partial charge in [-0.3, -0.25) is 9.69 Å². The number of carbonyl (C=O) groups excluding carboxylic acids is 1. The minimum absolute atomic E-state index is 0.142. The number of aryl methyl sites for hydroxylation is 2. The highest BCUT2D eigenvalue weighted by molar-refractivity contribution is 7.07. The van der Waals surface area contributed by atoms with Crippen LogP contribution in [0.4, 0.5) is 0 Å². The summed E-state index contributed by atoms with van der Waals surface area (Å²) in [5.41, 5.74) is 5.91. The Morgan fingerprint density at radius 1 is 1.06 bits per heavy atom. The molecule has 2 aromatic heterocycles. The van der Waals surface area contributed by atoms with Crippen molar-refractivity contribution in [2.24, 2.45) is 0 Å². The lowest BCUT2D eigenvalue weighted by Gasteiger charge is -2.20. The van der Waals surface area contributed by atoms with E-state index in [-0.39, 0.29) is 5.56 Å². The van der Waals surface area contributed by atoms with Crippen molar-refractivity contribution < 1.29 is 14.3 Å². The fourth-order valence-electron chi connectivity index (χ4n) is 4.26. The van der Waals surface area contributed by atoms with Gasteiger partial charge in [0.25, 0.3) is 5.56 Å². The van der Waals surface area contributed by atoms with E-state index in [0.29, 0.717) is 43.0 Å². The number of aromatic nitrogens is 1. The Morgan fingerprint density at radius 3 is 2.64 bits per heavy atom. The molecule has 1 aliphatic heterocycles. The van der Waals surface area contributed by atoms with Crippen molar-refractivity contribution in [2.45, 2.75) is 39.8 Å². The van der Waals surface area contributed by atoms with E-state index in [1.54, 1.807) is 15.9 Å². The van der Waals surface area contributed by atoms with Crippen LogP contribution in [0.15, 0.2) is 45.9 Å². The van der Waals surface area contributed by atoms with Crippen molar-refractivity contribution in [3.8, 4) is 5.75 Å². The van der Waals surface area contributed by atoms with Gasteiger partial charge in [0.2, 0.25) is 0 Å². The Morgan fingerprint density at radius 2 is 1.91 bits per heavy atom. The standard InChI is InChI=1S/C26H30N2O4S/c1-18-4-5-21(14-19(18)2)16-27-9-6-22-25(26(30)31-3)23(15-24(29)28(22)11-10-27)32-12-7-20-8-13-33-17-20/h4-5,8,13-15,17H,6-7,9-12,16H2,1-3H3. The van der Waals surface area contributed by atoms with Crippen LogP contribution in [-0.4, -0.2) is 42.2 Å². The van der Waals surface area contributed by atoms with Crippen LogP contribution in [0.25, 0.3) is 0 Å². The molecule has 0 N–H and O–H groups in total. The molecule has 0 unspecified atom stereocenters. The van der Waals surface area contributed by atoms with Gasteiger partial charge in [0.15, 0.2) is 0 Å². The Hall–Kier alpha value is -2.90. The molecule has 0 radical (unpaired) electrons. The van der Waals surface area contributed by atoms with Gasteiger partial charge in [0, 0.05) is 50.8 Å². The van der Waals surface area contributed by atoms with Crippen LogP contribution >= 0.6 is 11.3 Å². The second-order valence-electron chi connectivity index (χ2n) is 8.49. The molecule has 33 heavy (non-hydrogen) atoms. The molecule has 0 atom stereocenters. The topological polar surface area (TPSA) is 60.8 Å². The van der Waals surface area contributed by atoms with Gasteiger partial charge in [-0.1, -0.05) is 18.2 Å². The third kappa shape index (κ3) is 5.37. The number of methoxy groups -OCH3 is 1. The average Bonchev–Trinajstić information content (AvgIpc) is 3.23. The fourth-order valence-corrected chi connectivity index (χ4v) is 4.96. The Bertz CT molecular complexity index is 1180. The molecule has 0 bridgehead atoms. The van der Waals surface area contributed by atoms with Crippen LogP contribution in [0, 0.1) is 13.8 Å². The molecule has 1 aromatic carbocycles. The van der Waals surface area contributed by atoms with Crippen LogP contribution in [0.5, 0.6) is 5.75 Å². The van der Waals surface area contributed by atoms with Crippen molar-refractivity contribution in [3.05, 3.63) is 85.0 Å². The summed E-state index contributed by atoms with van der Waals surface area (Å²) in [5.74, 6) is -0.150. The molecule has 0 fully saturated rings. The first-order valence-corrected chi connectivity index (χ1v) is 12.2. The molecule has 0 saturated carbocycles. The predicted molar refractivity (Wildman–Crippen MR) is 130 cm³/mol. The number of thiophene rings is 1. The molecule has 1 aliphatic rings. The molecule has 0 saturated heterocycles. The smallest absolute Gasteiger partial charge is 0.343 e. The lowest BCUT2D eigenvalue weighted by molar-refractivity contribution is 0.0593. The second-order valence-corrected chi connectivity index (χ2v) is 9.27. The maximum Gasteiger partial charge on any atom is 0.343 e. The largest absolute Gasteiger partial charge is 0.492 e. The quantitative estimate of drug-likeness (QED) is 0.493. The summed E-state index contributed by atoms with van der Waals surface area (Å²) in [7, 11) is 1.36. The highest BCUT2D eigenvalue weighted by Gasteiger charge is 2.26. The minimum Gasteiger partial charge on any atom is -0.492 e. The van der Waals surface area contributed by atoms with Crippen molar-refractivity contribution in [3.63, 3.8) is 0 Å². The molecule has 0 aliphatic carbocycles. The summed E-state index contributed by atoms with van der Waals surface area (Å²) in [6, 6.07) is 10.0. The second kappa shape index (κ2) is 10.4. The van der Waals surface area contributed by atoms with Crippen molar-refractivity contribution in [1.82, 2.24) is 9.47 Å². The van der Waals surface area contributed by atoms with Gasteiger partial charge in [-0.15, -0.1) is 0 Å². The van der Waals surface area contributed by atoms with Crippen LogP contribution in [0.1, 0.15) is 38.3 Å². The number of benzene rings is 1. The number of nitrogens with zero attached hydrogens (tertiary/aromatic N) is 2. The summed E-state index contributed by atoms with van der Waals surface area (Å²) >= 11 is 1.64. The zero-order valence-electron chi connectivity index (χ0n) is 19.4. The third-order valence-corrected chi connectivity index (χ3v) is 7.01. The SMILES string of the molecule is COC(=O)c1c(OCCc2ccsc2)cc(=O)n2c1CCN(Cc1ccc(C)c(C)c1)CC2. The fraction of sp³-hybridized carbons (Fsp3) is 0.385. The zero-order chi connectivity index (χ0) is 23.4. The molecule has 4 rings (SSSR count). The average molecular weight is 467 g/mol. The summed E-state index contributed by atoms with van der Waals surface area (Å²) in [6.07, 6.45) is 1.29. The Labute approximate surface area is 198 Å². The van der Waals surface area contributed by atoms with Crippen LogP contribution in [0.3, 0.4) is 0 Å². The van der Waals surface area contributed by atoms with E-state index in [9.17, 15) is 9.59 Å². The van der Waals surface area contributed by atoms with E-state index in [0.717, 1.165) is 19.6 Å². The monoisotopic (exact) mass is 466 g/mol. The zero-order valence-corrected chi connectivity index (χ0v) is 20.2. The predicted octanol–water partition coefficient (Wildman–Crippen LogP) is 3.99. The summed E-state index contributed by atoms with van der Waals surface area (Å²) in [6.45, 7) is 7.44. The van der Waals surface area contributed by atoms with Gasteiger partial charge in [-0.25, -0.2) is 4.79 Å². The van der Waals surface area contributed by atoms with Gasteiger partial charge in [0.1, 0.15) is 11.3 Å². The molecule has 6 nitrogen and oxygen atoms in total. The maximum absolute atomic E-state index is 13.0. The van der Waals surface area contributed by atoms with Gasteiger partial charge >= 0.3 is 5.97 Å².